The molecule has 0 atom stereocenters. The van der Waals surface area contributed by atoms with E-state index in [9.17, 15) is 9.59 Å². The summed E-state index contributed by atoms with van der Waals surface area (Å²) in [6.07, 6.45) is 0. The van der Waals surface area contributed by atoms with Gasteiger partial charge in [-0.3, -0.25) is 4.79 Å². The van der Waals surface area contributed by atoms with Crippen molar-refractivity contribution in [3.63, 3.8) is 0 Å². The lowest BCUT2D eigenvalue weighted by Crippen LogP contribution is -2.20. The van der Waals surface area contributed by atoms with Gasteiger partial charge < -0.3 is 15.2 Å². The molecule has 0 aliphatic heterocycles. The van der Waals surface area contributed by atoms with Crippen molar-refractivity contribution in [2.24, 2.45) is 0 Å². The zero-order valence-electron chi connectivity index (χ0n) is 11.8. The number of benzene rings is 2. The predicted molar refractivity (Wildman–Crippen MR) is 86.4 cm³/mol. The van der Waals surface area contributed by atoms with Gasteiger partial charge in [-0.05, 0) is 48.9 Å². The molecule has 0 fully saturated rings. The Morgan fingerprint density at radius 2 is 2.00 bits per heavy atom. The SMILES string of the molecule is Cc1cc(Br)ccc1OCC(=O)Nc1cccc(C(=O)O)c1. The van der Waals surface area contributed by atoms with E-state index in [0.29, 0.717) is 11.4 Å². The van der Waals surface area contributed by atoms with Gasteiger partial charge in [-0.2, -0.15) is 0 Å². The number of carbonyl (C=O) groups excluding carboxylic acids is 1. The van der Waals surface area contributed by atoms with Gasteiger partial charge in [-0.25, -0.2) is 4.79 Å². The van der Waals surface area contributed by atoms with E-state index in [2.05, 4.69) is 21.2 Å². The molecule has 2 N–H and O–H groups in total. The third kappa shape index (κ3) is 4.33. The molecule has 0 saturated heterocycles. The van der Waals surface area contributed by atoms with Crippen molar-refractivity contribution in [3.8, 4) is 5.75 Å². The number of carboxylic acids is 1. The zero-order chi connectivity index (χ0) is 16.1. The van der Waals surface area contributed by atoms with Crippen LogP contribution in [-0.4, -0.2) is 23.6 Å². The summed E-state index contributed by atoms with van der Waals surface area (Å²) in [5.41, 5.74) is 1.44. The molecule has 0 heterocycles. The van der Waals surface area contributed by atoms with Gasteiger partial charge in [0.15, 0.2) is 6.61 Å². The summed E-state index contributed by atoms with van der Waals surface area (Å²) in [5, 5.41) is 11.5. The van der Waals surface area contributed by atoms with Crippen molar-refractivity contribution >= 4 is 33.5 Å². The largest absolute Gasteiger partial charge is 0.483 e. The number of aromatic carboxylic acids is 1. The van der Waals surface area contributed by atoms with Crippen LogP contribution in [0.25, 0.3) is 0 Å². The molecular weight excluding hydrogens is 350 g/mol. The minimum absolute atomic E-state index is 0.113. The summed E-state index contributed by atoms with van der Waals surface area (Å²) in [6, 6.07) is 11.5. The zero-order valence-corrected chi connectivity index (χ0v) is 13.4. The molecule has 0 unspecified atom stereocenters. The number of halogens is 1. The number of hydrogen-bond donors (Lipinski definition) is 2. The van der Waals surface area contributed by atoms with Crippen LogP contribution in [0.4, 0.5) is 5.69 Å². The maximum Gasteiger partial charge on any atom is 0.335 e. The molecule has 2 aromatic carbocycles. The van der Waals surface area contributed by atoms with E-state index in [4.69, 9.17) is 9.84 Å². The first kappa shape index (κ1) is 16.0. The van der Waals surface area contributed by atoms with Gasteiger partial charge >= 0.3 is 5.97 Å². The highest BCUT2D eigenvalue weighted by Gasteiger charge is 2.08. The van der Waals surface area contributed by atoms with Crippen LogP contribution in [0.3, 0.4) is 0 Å². The second kappa shape index (κ2) is 7.09. The molecule has 22 heavy (non-hydrogen) atoms. The Morgan fingerprint density at radius 1 is 1.23 bits per heavy atom. The van der Waals surface area contributed by atoms with Crippen molar-refractivity contribution in [1.82, 2.24) is 0 Å². The first-order valence-electron chi connectivity index (χ1n) is 6.48. The Balaban J connectivity index is 1.95. The number of amides is 1. The summed E-state index contributed by atoms with van der Waals surface area (Å²) in [5.74, 6) is -0.777. The van der Waals surface area contributed by atoms with E-state index in [1.165, 1.54) is 12.1 Å². The van der Waals surface area contributed by atoms with E-state index < -0.39 is 5.97 Å². The van der Waals surface area contributed by atoms with E-state index in [1.54, 1.807) is 18.2 Å². The van der Waals surface area contributed by atoms with Crippen LogP contribution < -0.4 is 10.1 Å². The number of carboxylic acid groups (broad SMARTS) is 1. The van der Waals surface area contributed by atoms with Gasteiger partial charge in [-0.15, -0.1) is 0 Å². The molecule has 0 radical (unpaired) electrons. The second-order valence-corrected chi connectivity index (χ2v) is 5.55. The minimum atomic E-state index is -1.04. The standard InChI is InChI=1S/C16H14BrNO4/c1-10-7-12(17)5-6-14(10)22-9-15(19)18-13-4-2-3-11(8-13)16(20)21/h2-8H,9H2,1H3,(H,18,19)(H,20,21). The lowest BCUT2D eigenvalue weighted by Gasteiger charge is -2.10. The van der Waals surface area contributed by atoms with E-state index in [-0.39, 0.29) is 18.1 Å². The molecule has 2 aromatic rings. The molecule has 0 spiro atoms. The average Bonchev–Trinajstić information content (AvgIpc) is 2.46. The van der Waals surface area contributed by atoms with Gasteiger partial charge in [0.2, 0.25) is 0 Å². The Kier molecular flexibility index (Phi) is 5.16. The molecule has 0 aliphatic rings. The Hall–Kier alpha value is -2.34. The van der Waals surface area contributed by atoms with Crippen LogP contribution >= 0.6 is 15.9 Å². The molecule has 0 saturated carbocycles. The summed E-state index contributed by atoms with van der Waals surface area (Å²) >= 11 is 3.36. The van der Waals surface area contributed by atoms with Crippen LogP contribution in [0.2, 0.25) is 0 Å². The smallest absolute Gasteiger partial charge is 0.335 e. The van der Waals surface area contributed by atoms with Crippen LogP contribution in [0.1, 0.15) is 15.9 Å². The molecule has 1 amide bonds. The molecule has 114 valence electrons. The van der Waals surface area contributed by atoms with Gasteiger partial charge in [-0.1, -0.05) is 22.0 Å². The molecule has 6 heteroatoms. The Bertz CT molecular complexity index is 715. The first-order valence-corrected chi connectivity index (χ1v) is 7.27. The number of hydrogen-bond acceptors (Lipinski definition) is 3. The van der Waals surface area contributed by atoms with Crippen molar-refractivity contribution < 1.29 is 19.4 Å². The van der Waals surface area contributed by atoms with Crippen molar-refractivity contribution in [2.45, 2.75) is 6.92 Å². The highest BCUT2D eigenvalue weighted by Crippen LogP contribution is 2.22. The third-order valence-electron chi connectivity index (χ3n) is 2.89. The molecule has 0 bridgehead atoms. The van der Waals surface area contributed by atoms with Gasteiger partial charge in [0, 0.05) is 10.2 Å². The normalized spacial score (nSPS) is 10.1. The third-order valence-corrected chi connectivity index (χ3v) is 3.38. The molecule has 0 aliphatic carbocycles. The van der Waals surface area contributed by atoms with Crippen LogP contribution in [-0.2, 0) is 4.79 Å². The second-order valence-electron chi connectivity index (χ2n) is 4.63. The predicted octanol–water partition coefficient (Wildman–Crippen LogP) is 3.47. The summed E-state index contributed by atoms with van der Waals surface area (Å²) in [4.78, 5) is 22.7. The topological polar surface area (TPSA) is 75.6 Å². The quantitative estimate of drug-likeness (QED) is 0.852. The lowest BCUT2D eigenvalue weighted by atomic mass is 10.2. The average molecular weight is 364 g/mol. The highest BCUT2D eigenvalue weighted by atomic mass is 79.9. The molecule has 5 nitrogen and oxygen atoms in total. The van der Waals surface area contributed by atoms with E-state index >= 15 is 0 Å². The lowest BCUT2D eigenvalue weighted by molar-refractivity contribution is -0.118. The van der Waals surface area contributed by atoms with Crippen LogP contribution in [0.15, 0.2) is 46.9 Å². The van der Waals surface area contributed by atoms with Crippen molar-refractivity contribution in [1.29, 1.82) is 0 Å². The Morgan fingerprint density at radius 3 is 2.68 bits per heavy atom. The van der Waals surface area contributed by atoms with Crippen LogP contribution in [0, 0.1) is 6.92 Å². The van der Waals surface area contributed by atoms with E-state index in [0.717, 1.165) is 10.0 Å². The minimum Gasteiger partial charge on any atom is -0.483 e. The summed E-state index contributed by atoms with van der Waals surface area (Å²) < 4.78 is 6.39. The van der Waals surface area contributed by atoms with Gasteiger partial charge in [0.1, 0.15) is 5.75 Å². The fourth-order valence-corrected chi connectivity index (χ4v) is 2.32. The Labute approximate surface area is 136 Å². The number of carbonyl (C=O) groups is 2. The molecule has 0 aromatic heterocycles. The first-order chi connectivity index (χ1) is 10.5. The van der Waals surface area contributed by atoms with Crippen molar-refractivity contribution in [3.05, 3.63) is 58.1 Å². The van der Waals surface area contributed by atoms with Gasteiger partial charge in [0.05, 0.1) is 5.56 Å². The van der Waals surface area contributed by atoms with E-state index in [1.807, 2.05) is 19.1 Å². The number of nitrogens with one attached hydrogen (secondary N) is 1. The molecule has 2 rings (SSSR count). The maximum atomic E-state index is 11.9. The number of ether oxygens (including phenoxy) is 1. The summed E-state index contributed by atoms with van der Waals surface area (Å²) in [7, 11) is 0. The monoisotopic (exact) mass is 363 g/mol. The number of rotatable bonds is 5. The highest BCUT2D eigenvalue weighted by molar-refractivity contribution is 9.10. The number of aryl methyl sites for hydroxylation is 1. The van der Waals surface area contributed by atoms with Crippen LogP contribution in [0.5, 0.6) is 5.75 Å². The number of anilines is 1. The van der Waals surface area contributed by atoms with Crippen molar-refractivity contribution in [2.75, 3.05) is 11.9 Å². The molecular formula is C16H14BrNO4. The fourth-order valence-electron chi connectivity index (χ4n) is 1.85. The maximum absolute atomic E-state index is 11.9. The van der Waals surface area contributed by atoms with Gasteiger partial charge in [0.25, 0.3) is 5.91 Å². The fraction of sp³-hybridized carbons (Fsp3) is 0.125. The summed E-state index contributed by atoms with van der Waals surface area (Å²) in [6.45, 7) is 1.73.